The number of hydrogen-bond donors (Lipinski definition) is 2. The van der Waals surface area contributed by atoms with Crippen molar-refractivity contribution in [2.45, 2.75) is 39.5 Å². The summed E-state index contributed by atoms with van der Waals surface area (Å²) in [5.41, 5.74) is 1.15. The second-order valence-corrected chi connectivity index (χ2v) is 4.19. The zero-order chi connectivity index (χ0) is 14.5. The number of hydrogen-bond acceptors (Lipinski definition) is 2. The van der Waals surface area contributed by atoms with Crippen LogP contribution in [0.3, 0.4) is 0 Å². The van der Waals surface area contributed by atoms with E-state index in [0.717, 1.165) is 12.0 Å². The van der Waals surface area contributed by atoms with Crippen LogP contribution in [0.5, 0.6) is 0 Å². The number of carboxylic acids is 1. The van der Waals surface area contributed by atoms with Crippen LogP contribution in [0.15, 0.2) is 30.3 Å². The summed E-state index contributed by atoms with van der Waals surface area (Å²) in [6.07, 6.45) is 1.95. The third-order valence-electron chi connectivity index (χ3n) is 2.14. The van der Waals surface area contributed by atoms with Crippen molar-refractivity contribution in [2.75, 3.05) is 6.54 Å². The summed E-state index contributed by atoms with van der Waals surface area (Å²) in [7, 11) is 0. The quantitative estimate of drug-likeness (QED) is 0.831. The summed E-state index contributed by atoms with van der Waals surface area (Å²) in [6, 6.07) is 9.81. The molecule has 2 N–H and O–H groups in total. The Balaban J connectivity index is 0.000000982. The molecular weight excluding hydrogens is 242 g/mol. The van der Waals surface area contributed by atoms with E-state index in [0.29, 0.717) is 6.54 Å². The summed E-state index contributed by atoms with van der Waals surface area (Å²) in [5, 5.41) is 11.1. The number of aliphatic carboxylic acids is 1. The number of carbonyl (C=O) groups excluding carboxylic acids is 1. The van der Waals surface area contributed by atoms with E-state index in [-0.39, 0.29) is 18.7 Å². The van der Waals surface area contributed by atoms with Gasteiger partial charge in [-0.25, -0.2) is 0 Å². The van der Waals surface area contributed by atoms with E-state index < -0.39 is 5.97 Å². The van der Waals surface area contributed by atoms with Crippen molar-refractivity contribution in [2.24, 2.45) is 0 Å². The Bertz CT molecular complexity index is 363. The fourth-order valence-electron chi connectivity index (χ4n) is 1.30. The lowest BCUT2D eigenvalue weighted by atomic mass is 10.1. The van der Waals surface area contributed by atoms with E-state index in [9.17, 15) is 9.59 Å². The molecule has 0 atom stereocenters. The standard InChI is InChI=1S/C12H15NO3.C3H8/c14-11(6-7-12(15)16)13-9-8-10-4-2-1-3-5-10;1-3-2/h1-5H,6-9H2,(H,13,14)(H,15,16);3H2,1-2H3. The molecule has 4 heteroatoms. The molecule has 4 nitrogen and oxygen atoms in total. The average molecular weight is 265 g/mol. The van der Waals surface area contributed by atoms with Gasteiger partial charge in [0.15, 0.2) is 0 Å². The highest BCUT2D eigenvalue weighted by molar-refractivity contribution is 5.80. The summed E-state index contributed by atoms with van der Waals surface area (Å²) in [6.45, 7) is 4.79. The highest BCUT2D eigenvalue weighted by Crippen LogP contribution is 1.98. The van der Waals surface area contributed by atoms with Crippen LogP contribution in [0.4, 0.5) is 0 Å². The zero-order valence-corrected chi connectivity index (χ0v) is 11.7. The van der Waals surface area contributed by atoms with Crippen molar-refractivity contribution in [1.82, 2.24) is 5.32 Å². The molecule has 0 spiro atoms. The van der Waals surface area contributed by atoms with E-state index in [1.165, 1.54) is 6.42 Å². The molecule has 0 aromatic heterocycles. The van der Waals surface area contributed by atoms with Crippen molar-refractivity contribution >= 4 is 11.9 Å². The molecule has 0 aliphatic carbocycles. The maximum absolute atomic E-state index is 11.2. The fourth-order valence-corrected chi connectivity index (χ4v) is 1.30. The summed E-state index contributed by atoms with van der Waals surface area (Å²) in [4.78, 5) is 21.4. The van der Waals surface area contributed by atoms with Gasteiger partial charge in [0, 0.05) is 13.0 Å². The molecule has 0 aliphatic heterocycles. The molecule has 1 rings (SSSR count). The molecule has 0 aliphatic rings. The molecule has 0 radical (unpaired) electrons. The summed E-state index contributed by atoms with van der Waals surface area (Å²) >= 11 is 0. The first kappa shape index (κ1) is 17.2. The van der Waals surface area contributed by atoms with Crippen molar-refractivity contribution in [3.63, 3.8) is 0 Å². The van der Waals surface area contributed by atoms with Crippen LogP contribution >= 0.6 is 0 Å². The Morgan fingerprint density at radius 3 is 2.21 bits per heavy atom. The van der Waals surface area contributed by atoms with Gasteiger partial charge >= 0.3 is 5.97 Å². The molecule has 1 aromatic carbocycles. The van der Waals surface area contributed by atoms with Gasteiger partial charge in [-0.3, -0.25) is 9.59 Å². The lowest BCUT2D eigenvalue weighted by Crippen LogP contribution is -2.25. The maximum Gasteiger partial charge on any atom is 0.303 e. The SMILES string of the molecule is CCC.O=C(O)CCC(=O)NCCc1ccccc1. The fraction of sp³-hybridized carbons (Fsp3) is 0.467. The highest BCUT2D eigenvalue weighted by Gasteiger charge is 2.04. The lowest BCUT2D eigenvalue weighted by molar-refractivity contribution is -0.138. The predicted octanol–water partition coefficient (Wildman–Crippen LogP) is 2.63. The molecule has 1 amide bonds. The largest absolute Gasteiger partial charge is 0.481 e. The Morgan fingerprint density at radius 2 is 1.68 bits per heavy atom. The van der Waals surface area contributed by atoms with Crippen molar-refractivity contribution in [1.29, 1.82) is 0 Å². The number of carbonyl (C=O) groups is 2. The van der Waals surface area contributed by atoms with Crippen LogP contribution in [-0.2, 0) is 16.0 Å². The second-order valence-electron chi connectivity index (χ2n) is 4.19. The molecule has 106 valence electrons. The molecule has 1 aromatic rings. The highest BCUT2D eigenvalue weighted by atomic mass is 16.4. The summed E-state index contributed by atoms with van der Waals surface area (Å²) < 4.78 is 0. The third-order valence-corrected chi connectivity index (χ3v) is 2.14. The monoisotopic (exact) mass is 265 g/mol. The number of benzene rings is 1. The van der Waals surface area contributed by atoms with Gasteiger partial charge in [-0.05, 0) is 12.0 Å². The van der Waals surface area contributed by atoms with E-state index in [1.54, 1.807) is 0 Å². The molecule has 0 fully saturated rings. The minimum Gasteiger partial charge on any atom is -0.481 e. The van der Waals surface area contributed by atoms with Crippen LogP contribution in [0.2, 0.25) is 0 Å². The zero-order valence-electron chi connectivity index (χ0n) is 11.7. The molecule has 19 heavy (non-hydrogen) atoms. The number of amides is 1. The van der Waals surface area contributed by atoms with Crippen LogP contribution in [0, 0.1) is 0 Å². The van der Waals surface area contributed by atoms with Gasteiger partial charge in [0.1, 0.15) is 0 Å². The Hall–Kier alpha value is -1.84. The lowest BCUT2D eigenvalue weighted by Gasteiger charge is -2.04. The van der Waals surface area contributed by atoms with E-state index in [1.807, 2.05) is 30.3 Å². The van der Waals surface area contributed by atoms with E-state index in [4.69, 9.17) is 5.11 Å². The van der Waals surface area contributed by atoms with Crippen LogP contribution in [0.25, 0.3) is 0 Å². The van der Waals surface area contributed by atoms with Gasteiger partial charge in [0.2, 0.25) is 5.91 Å². The van der Waals surface area contributed by atoms with Crippen molar-refractivity contribution in [3.05, 3.63) is 35.9 Å². The Kier molecular flexibility index (Phi) is 10.2. The Labute approximate surface area is 114 Å². The molecule has 0 saturated carbocycles. The molecule has 0 unspecified atom stereocenters. The van der Waals surface area contributed by atoms with Crippen LogP contribution in [-0.4, -0.2) is 23.5 Å². The minimum absolute atomic E-state index is 0.0458. The molecule has 0 bridgehead atoms. The normalized spacial score (nSPS) is 9.16. The smallest absolute Gasteiger partial charge is 0.303 e. The van der Waals surface area contributed by atoms with Crippen LogP contribution in [0.1, 0.15) is 38.7 Å². The van der Waals surface area contributed by atoms with Crippen molar-refractivity contribution in [3.8, 4) is 0 Å². The molecule has 0 heterocycles. The van der Waals surface area contributed by atoms with Crippen LogP contribution < -0.4 is 5.32 Å². The Morgan fingerprint density at radius 1 is 1.11 bits per heavy atom. The van der Waals surface area contributed by atoms with Gasteiger partial charge in [-0.1, -0.05) is 50.6 Å². The molecule has 0 saturated heterocycles. The first-order valence-electron chi connectivity index (χ1n) is 6.62. The maximum atomic E-state index is 11.2. The number of carboxylic acid groups (broad SMARTS) is 1. The topological polar surface area (TPSA) is 66.4 Å². The van der Waals surface area contributed by atoms with E-state index in [2.05, 4.69) is 19.2 Å². The number of rotatable bonds is 6. The van der Waals surface area contributed by atoms with Crippen molar-refractivity contribution < 1.29 is 14.7 Å². The van der Waals surface area contributed by atoms with Gasteiger partial charge in [-0.15, -0.1) is 0 Å². The van der Waals surface area contributed by atoms with Gasteiger partial charge in [0.25, 0.3) is 0 Å². The van der Waals surface area contributed by atoms with Gasteiger partial charge in [0.05, 0.1) is 6.42 Å². The predicted molar refractivity (Wildman–Crippen MR) is 76.0 cm³/mol. The number of nitrogens with one attached hydrogen (secondary N) is 1. The first-order chi connectivity index (χ1) is 9.10. The third kappa shape index (κ3) is 11.0. The van der Waals surface area contributed by atoms with Gasteiger partial charge in [-0.2, -0.15) is 0 Å². The minimum atomic E-state index is -0.946. The van der Waals surface area contributed by atoms with Gasteiger partial charge < -0.3 is 10.4 Å². The average Bonchev–Trinajstić information content (AvgIpc) is 2.38. The first-order valence-corrected chi connectivity index (χ1v) is 6.62. The second kappa shape index (κ2) is 11.3. The summed E-state index contributed by atoms with van der Waals surface area (Å²) in [5.74, 6) is -1.16. The van der Waals surface area contributed by atoms with E-state index >= 15 is 0 Å². The molecular formula is C15H23NO3.